The highest BCUT2D eigenvalue weighted by Crippen LogP contribution is 2.34. The van der Waals surface area contributed by atoms with Gasteiger partial charge in [0.15, 0.2) is 0 Å². The van der Waals surface area contributed by atoms with E-state index < -0.39 is 27.7 Å². The maximum absolute atomic E-state index is 14.9. The van der Waals surface area contributed by atoms with Crippen molar-refractivity contribution in [3.05, 3.63) is 137 Å². The van der Waals surface area contributed by atoms with Crippen LogP contribution in [0.25, 0.3) is 28.1 Å². The van der Waals surface area contributed by atoms with Gasteiger partial charge in [0.05, 0.1) is 17.6 Å². The topological polar surface area (TPSA) is 87.5 Å². The molecule has 4 aromatic carbocycles. The Morgan fingerprint density at radius 1 is 0.894 bits per heavy atom. The van der Waals surface area contributed by atoms with Gasteiger partial charge in [0, 0.05) is 29.9 Å². The summed E-state index contributed by atoms with van der Waals surface area (Å²) in [7, 11) is -3.96. The van der Waals surface area contributed by atoms with Crippen LogP contribution in [0.1, 0.15) is 60.5 Å². The van der Waals surface area contributed by atoms with E-state index in [1.807, 2.05) is 9.29 Å². The van der Waals surface area contributed by atoms with Crippen molar-refractivity contribution >= 4 is 15.9 Å². The Labute approximate surface area is 273 Å². The molecule has 240 valence electrons. The number of aliphatic hydroxyl groups is 1. The molecule has 1 saturated carbocycles. The molecule has 7 nitrogen and oxygen atoms in total. The third kappa shape index (κ3) is 6.25. The highest BCUT2D eigenvalue weighted by Gasteiger charge is 2.30. The summed E-state index contributed by atoms with van der Waals surface area (Å²) in [6.45, 7) is 1.76. The second kappa shape index (κ2) is 12.3. The van der Waals surface area contributed by atoms with Gasteiger partial charge in [0.2, 0.25) is 5.88 Å². The number of anilines is 1. The molecule has 1 aromatic heterocycles. The van der Waals surface area contributed by atoms with Crippen LogP contribution < -0.4 is 9.03 Å². The van der Waals surface area contributed by atoms with Crippen LogP contribution >= 0.6 is 0 Å². The van der Waals surface area contributed by atoms with Crippen molar-refractivity contribution in [2.75, 3.05) is 4.31 Å². The summed E-state index contributed by atoms with van der Waals surface area (Å²) >= 11 is 0. The van der Waals surface area contributed by atoms with Gasteiger partial charge < -0.3 is 9.67 Å². The predicted molar refractivity (Wildman–Crippen MR) is 179 cm³/mol. The summed E-state index contributed by atoms with van der Waals surface area (Å²) in [4.78, 5) is 4.78. The molecule has 5 aromatic rings. The Kier molecular flexibility index (Phi) is 8.05. The van der Waals surface area contributed by atoms with Crippen molar-refractivity contribution in [1.29, 1.82) is 0 Å². The Bertz CT molecular complexity index is 2090. The summed E-state index contributed by atoms with van der Waals surface area (Å²) < 4.78 is 58.4. The maximum atomic E-state index is 14.9. The minimum absolute atomic E-state index is 0.168. The number of hydrogen-bond donors (Lipinski definition) is 2. The van der Waals surface area contributed by atoms with Crippen LogP contribution in [0.5, 0.6) is 0 Å². The number of aliphatic hydroxyl groups excluding tert-OH is 1. The van der Waals surface area contributed by atoms with E-state index in [1.165, 1.54) is 49.8 Å². The summed E-state index contributed by atoms with van der Waals surface area (Å²) in [5, 5.41) is 9.75. The van der Waals surface area contributed by atoms with Crippen LogP contribution in [-0.2, 0) is 16.6 Å². The first-order valence-electron chi connectivity index (χ1n) is 15.7. The molecule has 0 atom stereocenters. The third-order valence-electron chi connectivity index (χ3n) is 9.05. The van der Waals surface area contributed by atoms with Gasteiger partial charge in [0.25, 0.3) is 0 Å². The van der Waals surface area contributed by atoms with Crippen molar-refractivity contribution in [1.82, 2.24) is 14.3 Å². The zero-order chi connectivity index (χ0) is 32.7. The van der Waals surface area contributed by atoms with Crippen LogP contribution in [0.4, 0.5) is 14.5 Å². The van der Waals surface area contributed by atoms with E-state index in [1.54, 1.807) is 31.3 Å². The average Bonchev–Trinajstić information content (AvgIpc) is 3.60. The molecule has 1 aliphatic carbocycles. The van der Waals surface area contributed by atoms with Crippen molar-refractivity contribution < 1.29 is 22.3 Å². The maximum Gasteiger partial charge on any atom is 0.330 e. The fourth-order valence-electron chi connectivity index (χ4n) is 6.60. The minimum Gasteiger partial charge on any atom is -0.493 e. The number of halogens is 2. The number of nitrogens with one attached hydrogen (secondary N) is 1. The van der Waals surface area contributed by atoms with E-state index in [9.17, 15) is 22.3 Å². The molecule has 0 amide bonds. The smallest absolute Gasteiger partial charge is 0.330 e. The summed E-state index contributed by atoms with van der Waals surface area (Å²) in [6.07, 6.45) is 9.70. The van der Waals surface area contributed by atoms with E-state index in [0.29, 0.717) is 40.8 Å². The predicted octanol–water partition coefficient (Wildman–Crippen LogP) is 8.44. The van der Waals surface area contributed by atoms with Crippen LogP contribution in [0, 0.1) is 18.6 Å². The standard InChI is InChI=1S/C37H34F2N4O3S/c1-24-19-31(16-18-35(24)43-23-37(44)41-47(43,45)46)42-22-34(32-17-15-30(38)21-33(32)39)40-36(42)20-25-7-9-27(10-8-25)29-13-11-28(12-14-29)26-5-3-2-4-6-26/h7-19,21-23,26,41,44H,2-6,20H2,1H3. The normalized spacial score (nSPS) is 16.2. The Morgan fingerprint density at radius 3 is 2.23 bits per heavy atom. The fourth-order valence-corrected chi connectivity index (χ4v) is 7.72. The Morgan fingerprint density at radius 2 is 1.60 bits per heavy atom. The number of nitrogens with zero attached hydrogens (tertiary/aromatic N) is 3. The average molecular weight is 653 g/mol. The molecule has 2 N–H and O–H groups in total. The van der Waals surface area contributed by atoms with Gasteiger partial charge in [0.1, 0.15) is 17.5 Å². The lowest BCUT2D eigenvalue weighted by molar-refractivity contribution is 0.392. The lowest BCUT2D eigenvalue weighted by atomic mass is 9.83. The van der Waals surface area contributed by atoms with Crippen molar-refractivity contribution in [3.63, 3.8) is 0 Å². The molecule has 47 heavy (non-hydrogen) atoms. The molecular formula is C37H34F2N4O3S. The number of aryl methyl sites for hydroxylation is 1. The number of rotatable bonds is 7. The first kappa shape index (κ1) is 30.7. The van der Waals surface area contributed by atoms with E-state index in [2.05, 4.69) is 48.5 Å². The van der Waals surface area contributed by atoms with Gasteiger partial charge in [-0.2, -0.15) is 8.42 Å². The van der Waals surface area contributed by atoms with Gasteiger partial charge in [-0.3, -0.25) is 0 Å². The highest BCUT2D eigenvalue weighted by atomic mass is 32.2. The van der Waals surface area contributed by atoms with Crippen LogP contribution in [0.3, 0.4) is 0 Å². The Hall–Kier alpha value is -4.96. The monoisotopic (exact) mass is 652 g/mol. The highest BCUT2D eigenvalue weighted by molar-refractivity contribution is 7.91. The first-order valence-corrected chi connectivity index (χ1v) is 17.2. The zero-order valence-corrected chi connectivity index (χ0v) is 26.6. The van der Waals surface area contributed by atoms with Gasteiger partial charge >= 0.3 is 10.2 Å². The van der Waals surface area contributed by atoms with Crippen LogP contribution in [0.15, 0.2) is 103 Å². The number of aromatic nitrogens is 2. The summed E-state index contributed by atoms with van der Waals surface area (Å²) in [5.74, 6) is -0.586. The van der Waals surface area contributed by atoms with Crippen molar-refractivity contribution in [2.45, 2.75) is 51.4 Å². The molecule has 1 aliphatic heterocycles. The molecule has 0 bridgehead atoms. The second-order valence-corrected chi connectivity index (χ2v) is 13.8. The van der Waals surface area contributed by atoms with E-state index in [-0.39, 0.29) is 5.56 Å². The number of imidazole rings is 1. The quantitative estimate of drug-likeness (QED) is 0.185. The fraction of sp³-hybridized carbons (Fsp3) is 0.216. The molecule has 0 spiro atoms. The summed E-state index contributed by atoms with van der Waals surface area (Å²) in [5.41, 5.74) is 6.84. The third-order valence-corrected chi connectivity index (χ3v) is 10.3. The zero-order valence-electron chi connectivity index (χ0n) is 25.8. The molecule has 2 heterocycles. The lowest BCUT2D eigenvalue weighted by Gasteiger charge is -2.22. The van der Waals surface area contributed by atoms with E-state index >= 15 is 0 Å². The largest absolute Gasteiger partial charge is 0.493 e. The molecule has 1 fully saturated rings. The molecule has 7 rings (SSSR count). The lowest BCUT2D eigenvalue weighted by Crippen LogP contribution is -2.30. The second-order valence-electron chi connectivity index (χ2n) is 12.3. The summed E-state index contributed by atoms with van der Waals surface area (Å²) in [6, 6.07) is 25.8. The van der Waals surface area contributed by atoms with Crippen LogP contribution in [-0.4, -0.2) is 23.1 Å². The number of benzene rings is 4. The molecule has 10 heteroatoms. The molecular weight excluding hydrogens is 618 g/mol. The van der Waals surface area contributed by atoms with E-state index in [0.717, 1.165) is 33.3 Å². The SMILES string of the molecule is Cc1cc(-n2cc(-c3ccc(F)cc3F)nc2Cc2ccc(-c3ccc(C4CCCCC4)cc3)cc2)ccc1N1C=C(O)NS1(=O)=O. The van der Waals surface area contributed by atoms with Crippen molar-refractivity contribution in [3.8, 4) is 28.1 Å². The first-order chi connectivity index (χ1) is 22.6. The van der Waals surface area contributed by atoms with Crippen molar-refractivity contribution in [2.24, 2.45) is 0 Å². The van der Waals surface area contributed by atoms with Gasteiger partial charge in [-0.05, 0) is 83.8 Å². The number of hydrogen-bond acceptors (Lipinski definition) is 4. The Balaban J connectivity index is 1.19. The molecule has 2 aliphatic rings. The minimum atomic E-state index is -3.96. The van der Waals surface area contributed by atoms with E-state index in [4.69, 9.17) is 4.98 Å². The van der Waals surface area contributed by atoms with Gasteiger partial charge in [-0.1, -0.05) is 67.8 Å². The van der Waals surface area contributed by atoms with Gasteiger partial charge in [-0.15, -0.1) is 0 Å². The van der Waals surface area contributed by atoms with Gasteiger partial charge in [-0.25, -0.2) is 22.8 Å². The molecule has 0 saturated heterocycles. The van der Waals surface area contributed by atoms with Crippen LogP contribution in [0.2, 0.25) is 0 Å². The molecule has 0 unspecified atom stereocenters. The molecule has 0 radical (unpaired) electrons.